The average Bonchev–Trinajstić information content (AvgIpc) is 3.03. The first-order valence-electron chi connectivity index (χ1n) is 10.2. The number of amides is 1. The van der Waals surface area contributed by atoms with Gasteiger partial charge in [-0.05, 0) is 44.2 Å². The molecule has 1 fully saturated rings. The van der Waals surface area contributed by atoms with Crippen LogP contribution in [0.25, 0.3) is 5.69 Å². The van der Waals surface area contributed by atoms with E-state index in [4.69, 9.17) is 11.6 Å². The van der Waals surface area contributed by atoms with E-state index < -0.39 is 0 Å². The number of aryl methyl sites for hydroxylation is 1. The zero-order chi connectivity index (χ0) is 21.1. The standard InChI is InChI=1S/C23H26ClN5O/c1-17-23(18(2)29(26-17)20-8-4-3-5-9-20)25-22(30)16-27-11-13-28(14-12-27)21-10-6-7-19(24)15-21/h3-10,15H,11-14,16H2,1-2H3,(H,25,30). The minimum Gasteiger partial charge on any atom is -0.369 e. The predicted octanol–water partition coefficient (Wildman–Crippen LogP) is 3.90. The fraction of sp³-hybridized carbons (Fsp3) is 0.304. The summed E-state index contributed by atoms with van der Waals surface area (Å²) in [4.78, 5) is 17.2. The van der Waals surface area contributed by atoms with E-state index in [1.165, 1.54) is 0 Å². The van der Waals surface area contributed by atoms with E-state index in [0.717, 1.165) is 59.7 Å². The molecule has 7 heteroatoms. The first-order chi connectivity index (χ1) is 14.5. The van der Waals surface area contributed by atoms with Crippen LogP contribution in [0.4, 0.5) is 11.4 Å². The van der Waals surface area contributed by atoms with Gasteiger partial charge in [-0.3, -0.25) is 9.69 Å². The fourth-order valence-corrected chi connectivity index (χ4v) is 4.05. The Bertz CT molecular complexity index is 1030. The molecule has 1 saturated heterocycles. The summed E-state index contributed by atoms with van der Waals surface area (Å²) in [6.45, 7) is 7.69. The highest BCUT2D eigenvalue weighted by atomic mass is 35.5. The smallest absolute Gasteiger partial charge is 0.238 e. The maximum absolute atomic E-state index is 12.7. The second kappa shape index (κ2) is 8.90. The van der Waals surface area contributed by atoms with Crippen molar-refractivity contribution in [3.8, 4) is 5.69 Å². The van der Waals surface area contributed by atoms with Crippen LogP contribution < -0.4 is 10.2 Å². The number of aromatic nitrogens is 2. The number of hydrogen-bond acceptors (Lipinski definition) is 4. The molecule has 1 aliphatic rings. The van der Waals surface area contributed by atoms with Crippen LogP contribution in [0, 0.1) is 13.8 Å². The molecule has 3 aromatic rings. The molecule has 156 valence electrons. The lowest BCUT2D eigenvalue weighted by molar-refractivity contribution is -0.117. The number of nitrogens with one attached hydrogen (secondary N) is 1. The monoisotopic (exact) mass is 423 g/mol. The Morgan fingerprint density at radius 2 is 1.70 bits per heavy atom. The van der Waals surface area contributed by atoms with E-state index >= 15 is 0 Å². The summed E-state index contributed by atoms with van der Waals surface area (Å²) in [6, 6.07) is 17.9. The molecular weight excluding hydrogens is 398 g/mol. The van der Waals surface area contributed by atoms with Crippen molar-refractivity contribution in [2.24, 2.45) is 0 Å². The topological polar surface area (TPSA) is 53.4 Å². The Hall–Kier alpha value is -2.83. The van der Waals surface area contributed by atoms with Crippen molar-refractivity contribution in [2.45, 2.75) is 13.8 Å². The van der Waals surface area contributed by atoms with Crippen molar-refractivity contribution < 1.29 is 4.79 Å². The average molecular weight is 424 g/mol. The molecule has 0 unspecified atom stereocenters. The normalized spacial score (nSPS) is 14.7. The van der Waals surface area contributed by atoms with Crippen LogP contribution in [0.3, 0.4) is 0 Å². The van der Waals surface area contributed by atoms with Gasteiger partial charge in [-0.2, -0.15) is 5.10 Å². The van der Waals surface area contributed by atoms with Crippen molar-refractivity contribution in [3.05, 3.63) is 71.0 Å². The Kier molecular flexibility index (Phi) is 6.06. The number of anilines is 2. The number of para-hydroxylation sites is 1. The molecule has 1 aromatic heterocycles. The highest BCUT2D eigenvalue weighted by molar-refractivity contribution is 6.30. The molecule has 0 radical (unpaired) electrons. The highest BCUT2D eigenvalue weighted by Gasteiger charge is 2.21. The van der Waals surface area contributed by atoms with E-state index in [2.05, 4.69) is 26.3 Å². The minimum absolute atomic E-state index is 0.00924. The summed E-state index contributed by atoms with van der Waals surface area (Å²) in [5.41, 5.74) is 4.65. The van der Waals surface area contributed by atoms with Crippen LogP contribution in [0.15, 0.2) is 54.6 Å². The third kappa shape index (κ3) is 4.50. The summed E-state index contributed by atoms with van der Waals surface area (Å²) in [6.07, 6.45) is 0. The van der Waals surface area contributed by atoms with Crippen LogP contribution in [0.5, 0.6) is 0 Å². The van der Waals surface area contributed by atoms with Crippen molar-refractivity contribution >= 4 is 28.9 Å². The number of rotatable bonds is 5. The molecule has 1 aliphatic heterocycles. The van der Waals surface area contributed by atoms with Crippen LogP contribution >= 0.6 is 11.6 Å². The molecule has 0 atom stereocenters. The summed E-state index contributed by atoms with van der Waals surface area (Å²) in [7, 11) is 0. The molecular formula is C23H26ClN5O. The number of hydrogen-bond donors (Lipinski definition) is 1. The van der Waals surface area contributed by atoms with Gasteiger partial charge in [0.2, 0.25) is 5.91 Å². The summed E-state index contributed by atoms with van der Waals surface area (Å²) in [5.74, 6) is -0.00924. The second-order valence-corrected chi connectivity index (χ2v) is 8.02. The molecule has 0 aliphatic carbocycles. The van der Waals surface area contributed by atoms with Gasteiger partial charge in [-0.1, -0.05) is 35.9 Å². The molecule has 2 heterocycles. The lowest BCUT2D eigenvalue weighted by atomic mass is 10.2. The lowest BCUT2D eigenvalue weighted by Gasteiger charge is -2.35. The summed E-state index contributed by atoms with van der Waals surface area (Å²) in [5, 5.41) is 8.42. The minimum atomic E-state index is -0.00924. The van der Waals surface area contributed by atoms with Gasteiger partial charge in [0.05, 0.1) is 29.3 Å². The van der Waals surface area contributed by atoms with Crippen molar-refractivity contribution in [1.29, 1.82) is 0 Å². The number of carbonyl (C=O) groups excluding carboxylic acids is 1. The Morgan fingerprint density at radius 1 is 1.00 bits per heavy atom. The Labute approximate surface area is 182 Å². The first kappa shape index (κ1) is 20.4. The molecule has 0 bridgehead atoms. The molecule has 30 heavy (non-hydrogen) atoms. The van der Waals surface area contributed by atoms with Gasteiger partial charge < -0.3 is 10.2 Å². The Balaban J connectivity index is 1.35. The molecule has 1 amide bonds. The maximum atomic E-state index is 12.7. The van der Waals surface area contributed by atoms with E-state index in [1.807, 2.05) is 67.1 Å². The molecule has 0 saturated carbocycles. The molecule has 0 spiro atoms. The van der Waals surface area contributed by atoms with Gasteiger partial charge in [-0.15, -0.1) is 0 Å². The van der Waals surface area contributed by atoms with Crippen LogP contribution in [-0.2, 0) is 4.79 Å². The number of nitrogens with zero attached hydrogens (tertiary/aromatic N) is 4. The third-order valence-electron chi connectivity index (χ3n) is 5.47. The van der Waals surface area contributed by atoms with E-state index in [1.54, 1.807) is 0 Å². The van der Waals surface area contributed by atoms with Gasteiger partial charge in [-0.25, -0.2) is 4.68 Å². The quantitative estimate of drug-likeness (QED) is 0.676. The summed E-state index contributed by atoms with van der Waals surface area (Å²) >= 11 is 6.11. The number of piperazine rings is 1. The van der Waals surface area contributed by atoms with E-state index in [-0.39, 0.29) is 5.91 Å². The zero-order valence-electron chi connectivity index (χ0n) is 17.3. The van der Waals surface area contributed by atoms with Crippen molar-refractivity contribution in [2.75, 3.05) is 42.9 Å². The van der Waals surface area contributed by atoms with Crippen LogP contribution in [0.2, 0.25) is 5.02 Å². The highest BCUT2D eigenvalue weighted by Crippen LogP contribution is 2.23. The van der Waals surface area contributed by atoms with Crippen LogP contribution in [0.1, 0.15) is 11.4 Å². The molecule has 2 aromatic carbocycles. The molecule has 1 N–H and O–H groups in total. The van der Waals surface area contributed by atoms with Crippen molar-refractivity contribution in [1.82, 2.24) is 14.7 Å². The van der Waals surface area contributed by atoms with E-state index in [0.29, 0.717) is 6.54 Å². The second-order valence-electron chi connectivity index (χ2n) is 7.58. The molecule has 6 nitrogen and oxygen atoms in total. The SMILES string of the molecule is Cc1nn(-c2ccccc2)c(C)c1NC(=O)CN1CCN(c2cccc(Cl)c2)CC1. The maximum Gasteiger partial charge on any atom is 0.238 e. The Morgan fingerprint density at radius 3 is 2.40 bits per heavy atom. The van der Waals surface area contributed by atoms with Gasteiger partial charge in [0.25, 0.3) is 0 Å². The van der Waals surface area contributed by atoms with Gasteiger partial charge in [0.1, 0.15) is 0 Å². The first-order valence-corrected chi connectivity index (χ1v) is 10.5. The van der Waals surface area contributed by atoms with Gasteiger partial charge in [0.15, 0.2) is 0 Å². The summed E-state index contributed by atoms with van der Waals surface area (Å²) < 4.78 is 1.87. The van der Waals surface area contributed by atoms with Crippen LogP contribution in [-0.4, -0.2) is 53.3 Å². The number of carbonyl (C=O) groups is 1. The zero-order valence-corrected chi connectivity index (χ0v) is 18.1. The largest absolute Gasteiger partial charge is 0.369 e. The third-order valence-corrected chi connectivity index (χ3v) is 5.70. The molecule has 4 rings (SSSR count). The van der Waals surface area contributed by atoms with E-state index in [9.17, 15) is 4.79 Å². The number of benzene rings is 2. The predicted molar refractivity (Wildman–Crippen MR) is 122 cm³/mol. The van der Waals surface area contributed by atoms with Crippen molar-refractivity contribution in [3.63, 3.8) is 0 Å². The van der Waals surface area contributed by atoms with Gasteiger partial charge in [0, 0.05) is 36.9 Å². The number of halogens is 1. The lowest BCUT2D eigenvalue weighted by Crippen LogP contribution is -2.48. The fourth-order valence-electron chi connectivity index (χ4n) is 3.86. The van der Waals surface area contributed by atoms with Gasteiger partial charge >= 0.3 is 0 Å².